The molecule has 0 spiro atoms. The third-order valence-electron chi connectivity index (χ3n) is 3.38. The zero-order chi connectivity index (χ0) is 11.4. The highest BCUT2D eigenvalue weighted by Crippen LogP contribution is 2.47. The fourth-order valence-corrected chi connectivity index (χ4v) is 2.61. The Labute approximate surface area is 92.3 Å². The van der Waals surface area contributed by atoms with Gasteiger partial charge in [0.1, 0.15) is 6.10 Å². The third-order valence-corrected chi connectivity index (χ3v) is 3.38. The fourth-order valence-electron chi connectivity index (χ4n) is 2.61. The SMILES string of the molecule is C=C(C)C(=O)OC1C2CC3C(=O)OC1[C@H]3O2. The van der Waals surface area contributed by atoms with Crippen LogP contribution in [-0.2, 0) is 23.8 Å². The van der Waals surface area contributed by atoms with E-state index in [1.807, 2.05) is 0 Å². The maximum absolute atomic E-state index is 11.4. The van der Waals surface area contributed by atoms with Crippen LogP contribution in [0.4, 0.5) is 0 Å². The van der Waals surface area contributed by atoms with E-state index in [0.717, 1.165) is 0 Å². The van der Waals surface area contributed by atoms with Crippen LogP contribution in [0.3, 0.4) is 0 Å². The standard InChI is InChI=1S/C11H12O5/c1-4(2)10(12)15-8-6-3-5-7(14-6)9(8)16-11(5)13/h5-9H,1,3H2,2H3/t5?,6?,7-,8?,9?/m0/s1. The van der Waals surface area contributed by atoms with Crippen molar-refractivity contribution < 1.29 is 23.8 Å². The molecule has 3 aliphatic rings. The summed E-state index contributed by atoms with van der Waals surface area (Å²) in [5.41, 5.74) is 0.337. The van der Waals surface area contributed by atoms with Gasteiger partial charge in [-0.05, 0) is 13.3 Å². The van der Waals surface area contributed by atoms with Crippen molar-refractivity contribution in [3.8, 4) is 0 Å². The quantitative estimate of drug-likeness (QED) is 0.495. The Balaban J connectivity index is 1.77. The molecule has 2 bridgehead atoms. The summed E-state index contributed by atoms with van der Waals surface area (Å²) >= 11 is 0. The summed E-state index contributed by atoms with van der Waals surface area (Å²) in [5, 5.41) is 0. The zero-order valence-electron chi connectivity index (χ0n) is 8.84. The first-order chi connectivity index (χ1) is 7.58. The van der Waals surface area contributed by atoms with Crippen molar-refractivity contribution in [3.05, 3.63) is 12.2 Å². The first-order valence-corrected chi connectivity index (χ1v) is 5.30. The molecule has 0 N–H and O–H groups in total. The van der Waals surface area contributed by atoms with Gasteiger partial charge in [-0.2, -0.15) is 0 Å². The zero-order valence-corrected chi connectivity index (χ0v) is 8.84. The van der Waals surface area contributed by atoms with Gasteiger partial charge in [-0.25, -0.2) is 4.79 Å². The van der Waals surface area contributed by atoms with Crippen LogP contribution in [0.2, 0.25) is 0 Å². The van der Waals surface area contributed by atoms with Crippen molar-refractivity contribution in [1.29, 1.82) is 0 Å². The molecule has 3 heterocycles. The van der Waals surface area contributed by atoms with E-state index in [4.69, 9.17) is 14.2 Å². The van der Waals surface area contributed by atoms with Crippen LogP contribution in [-0.4, -0.2) is 36.4 Å². The second-order valence-corrected chi connectivity index (χ2v) is 4.53. The molecule has 16 heavy (non-hydrogen) atoms. The van der Waals surface area contributed by atoms with E-state index in [2.05, 4.69) is 6.58 Å². The van der Waals surface area contributed by atoms with E-state index in [9.17, 15) is 9.59 Å². The Morgan fingerprint density at radius 1 is 1.50 bits per heavy atom. The lowest BCUT2D eigenvalue weighted by Crippen LogP contribution is -2.40. The number of esters is 2. The molecule has 3 aliphatic heterocycles. The van der Waals surface area contributed by atoms with Crippen molar-refractivity contribution >= 4 is 11.9 Å². The molecule has 86 valence electrons. The Kier molecular flexibility index (Phi) is 1.89. The van der Waals surface area contributed by atoms with Crippen LogP contribution >= 0.6 is 0 Å². The van der Waals surface area contributed by atoms with Crippen LogP contribution in [0, 0.1) is 5.92 Å². The molecule has 0 aromatic carbocycles. The molecule has 3 fully saturated rings. The maximum atomic E-state index is 11.4. The topological polar surface area (TPSA) is 61.8 Å². The molecule has 3 rings (SSSR count). The predicted octanol–water partition coefficient (Wildman–Crippen LogP) is 0.187. The van der Waals surface area contributed by atoms with Gasteiger partial charge in [-0.1, -0.05) is 6.58 Å². The molecule has 5 heteroatoms. The highest BCUT2D eigenvalue weighted by atomic mass is 16.7. The molecular weight excluding hydrogens is 212 g/mol. The lowest BCUT2D eigenvalue weighted by Gasteiger charge is -2.22. The first-order valence-electron chi connectivity index (χ1n) is 5.30. The van der Waals surface area contributed by atoms with Crippen molar-refractivity contribution in [2.24, 2.45) is 5.92 Å². The average molecular weight is 224 g/mol. The van der Waals surface area contributed by atoms with Crippen LogP contribution in [0.25, 0.3) is 0 Å². The molecule has 3 saturated heterocycles. The Morgan fingerprint density at radius 3 is 2.94 bits per heavy atom. The van der Waals surface area contributed by atoms with E-state index in [1.54, 1.807) is 6.92 Å². The lowest BCUT2D eigenvalue weighted by atomic mass is 9.88. The first kappa shape index (κ1) is 9.84. The summed E-state index contributed by atoms with van der Waals surface area (Å²) in [4.78, 5) is 22.8. The lowest BCUT2D eigenvalue weighted by molar-refractivity contribution is -0.157. The Bertz CT molecular complexity index is 388. The van der Waals surface area contributed by atoms with E-state index in [1.165, 1.54) is 0 Å². The van der Waals surface area contributed by atoms with Gasteiger partial charge in [-0.3, -0.25) is 4.79 Å². The molecule has 0 amide bonds. The van der Waals surface area contributed by atoms with Crippen LogP contribution in [0.1, 0.15) is 13.3 Å². The fraction of sp³-hybridized carbons (Fsp3) is 0.636. The molecule has 4 unspecified atom stereocenters. The van der Waals surface area contributed by atoms with E-state index < -0.39 is 18.2 Å². The van der Waals surface area contributed by atoms with Gasteiger partial charge in [-0.15, -0.1) is 0 Å². The summed E-state index contributed by atoms with van der Waals surface area (Å²) in [6.07, 6.45) is -0.708. The van der Waals surface area contributed by atoms with Crippen molar-refractivity contribution in [1.82, 2.24) is 0 Å². The number of ether oxygens (including phenoxy) is 3. The van der Waals surface area contributed by atoms with E-state index >= 15 is 0 Å². The van der Waals surface area contributed by atoms with E-state index in [-0.39, 0.29) is 24.1 Å². The van der Waals surface area contributed by atoms with Crippen LogP contribution < -0.4 is 0 Å². The molecule has 0 radical (unpaired) electrons. The molecule has 5 nitrogen and oxygen atoms in total. The molecule has 0 saturated carbocycles. The average Bonchev–Trinajstić information content (AvgIpc) is 2.81. The highest BCUT2D eigenvalue weighted by Gasteiger charge is 2.65. The summed E-state index contributed by atoms with van der Waals surface area (Å²) < 4.78 is 16.0. The normalized spacial score (nSPS) is 43.3. The summed E-state index contributed by atoms with van der Waals surface area (Å²) in [6, 6.07) is 0. The minimum atomic E-state index is -0.461. The van der Waals surface area contributed by atoms with Crippen molar-refractivity contribution in [2.75, 3.05) is 0 Å². The third kappa shape index (κ3) is 1.15. The molecule has 0 aromatic rings. The van der Waals surface area contributed by atoms with Gasteiger partial charge >= 0.3 is 11.9 Å². The number of rotatable bonds is 2. The van der Waals surface area contributed by atoms with E-state index in [0.29, 0.717) is 12.0 Å². The number of fused-ring (bicyclic) bond motifs is 1. The minimum absolute atomic E-state index is 0.158. The Morgan fingerprint density at radius 2 is 2.25 bits per heavy atom. The number of hydrogen-bond donors (Lipinski definition) is 0. The van der Waals surface area contributed by atoms with Gasteiger partial charge in [0.25, 0.3) is 0 Å². The summed E-state index contributed by atoms with van der Waals surface area (Å²) in [7, 11) is 0. The number of carbonyl (C=O) groups is 2. The second kappa shape index (κ2) is 3.07. The molecule has 5 atom stereocenters. The second-order valence-electron chi connectivity index (χ2n) is 4.53. The number of carbonyl (C=O) groups excluding carboxylic acids is 2. The minimum Gasteiger partial charge on any atom is -0.455 e. The predicted molar refractivity (Wildman–Crippen MR) is 51.3 cm³/mol. The molecule has 0 aromatic heterocycles. The van der Waals surface area contributed by atoms with Crippen LogP contribution in [0.5, 0.6) is 0 Å². The van der Waals surface area contributed by atoms with Crippen LogP contribution in [0.15, 0.2) is 12.2 Å². The smallest absolute Gasteiger partial charge is 0.333 e. The van der Waals surface area contributed by atoms with Gasteiger partial charge in [0, 0.05) is 5.57 Å². The Hall–Kier alpha value is -1.36. The summed E-state index contributed by atoms with van der Waals surface area (Å²) in [6.45, 7) is 5.10. The highest BCUT2D eigenvalue weighted by molar-refractivity contribution is 5.87. The largest absolute Gasteiger partial charge is 0.455 e. The molecule has 0 aliphatic carbocycles. The molecular formula is C11H12O5. The monoisotopic (exact) mass is 224 g/mol. The van der Waals surface area contributed by atoms with Gasteiger partial charge < -0.3 is 14.2 Å². The van der Waals surface area contributed by atoms with Gasteiger partial charge in [0.05, 0.1) is 12.0 Å². The van der Waals surface area contributed by atoms with Crippen molar-refractivity contribution in [2.45, 2.75) is 37.8 Å². The maximum Gasteiger partial charge on any atom is 0.333 e. The summed E-state index contributed by atoms with van der Waals surface area (Å²) in [5.74, 6) is -0.846. The number of hydrogen-bond acceptors (Lipinski definition) is 5. The van der Waals surface area contributed by atoms with Gasteiger partial charge in [0.15, 0.2) is 12.2 Å². The van der Waals surface area contributed by atoms with Crippen molar-refractivity contribution in [3.63, 3.8) is 0 Å². The van der Waals surface area contributed by atoms with Gasteiger partial charge in [0.2, 0.25) is 0 Å².